The summed E-state index contributed by atoms with van der Waals surface area (Å²) in [5.41, 5.74) is 8.44. The van der Waals surface area contributed by atoms with Crippen LogP contribution in [0.3, 0.4) is 0 Å². The molecule has 0 spiro atoms. The summed E-state index contributed by atoms with van der Waals surface area (Å²) in [6.45, 7) is 4.81. The Hall–Kier alpha value is -1.71. The zero-order valence-corrected chi connectivity index (χ0v) is 13.2. The van der Waals surface area contributed by atoms with Crippen LogP contribution in [0.1, 0.15) is 25.8 Å². The Kier molecular flexibility index (Phi) is 5.90. The topological polar surface area (TPSA) is 33.3 Å². The van der Waals surface area contributed by atoms with Crippen molar-refractivity contribution in [1.29, 1.82) is 0 Å². The molecular weight excluding hydrogens is 284 g/mol. The molecule has 0 amide bonds. The summed E-state index contributed by atoms with van der Waals surface area (Å²) < 4.78 is 5.76. The molecule has 2 N–H and O–H groups in total. The van der Waals surface area contributed by atoms with Crippen molar-refractivity contribution < 1.29 is 4.74 Å². The van der Waals surface area contributed by atoms with Gasteiger partial charge in [-0.1, -0.05) is 42.8 Å². The molecule has 0 heterocycles. The standard InChI is InChI=1S/C17H21ClN2O/c1-3-13(2)21-17-10-9-14(11-16(17)18)12-19-20-15-7-5-4-6-8-15/h4-11,13,19-20H,3,12H2,1-2H3. The van der Waals surface area contributed by atoms with E-state index >= 15 is 0 Å². The second kappa shape index (κ2) is 7.91. The first-order valence-electron chi connectivity index (χ1n) is 7.18. The van der Waals surface area contributed by atoms with Crippen LogP contribution in [0.15, 0.2) is 48.5 Å². The number of anilines is 1. The lowest BCUT2D eigenvalue weighted by molar-refractivity contribution is 0.217. The number of para-hydroxylation sites is 1. The first-order valence-corrected chi connectivity index (χ1v) is 7.56. The quantitative estimate of drug-likeness (QED) is 0.731. The number of hydrazine groups is 1. The molecule has 0 radical (unpaired) electrons. The maximum Gasteiger partial charge on any atom is 0.138 e. The second-order valence-electron chi connectivity index (χ2n) is 4.95. The summed E-state index contributed by atoms with van der Waals surface area (Å²) in [4.78, 5) is 0. The molecule has 1 unspecified atom stereocenters. The van der Waals surface area contributed by atoms with Crippen LogP contribution in [-0.4, -0.2) is 6.10 Å². The minimum absolute atomic E-state index is 0.172. The second-order valence-corrected chi connectivity index (χ2v) is 5.35. The average Bonchev–Trinajstić information content (AvgIpc) is 2.51. The maximum atomic E-state index is 6.25. The molecule has 3 nitrogen and oxygen atoms in total. The van der Waals surface area contributed by atoms with E-state index in [1.54, 1.807) is 0 Å². The number of hydrogen-bond donors (Lipinski definition) is 2. The Morgan fingerprint density at radius 2 is 1.90 bits per heavy atom. The van der Waals surface area contributed by atoms with Crippen LogP contribution in [0.25, 0.3) is 0 Å². The summed E-state index contributed by atoms with van der Waals surface area (Å²) in [7, 11) is 0. The molecule has 0 aliphatic carbocycles. The van der Waals surface area contributed by atoms with Gasteiger partial charge in [0.25, 0.3) is 0 Å². The highest BCUT2D eigenvalue weighted by atomic mass is 35.5. The van der Waals surface area contributed by atoms with Crippen molar-refractivity contribution in [2.24, 2.45) is 0 Å². The highest BCUT2D eigenvalue weighted by Crippen LogP contribution is 2.26. The van der Waals surface area contributed by atoms with E-state index in [0.717, 1.165) is 23.4 Å². The number of ether oxygens (including phenoxy) is 1. The minimum atomic E-state index is 0.172. The zero-order valence-electron chi connectivity index (χ0n) is 12.4. The van der Waals surface area contributed by atoms with Crippen molar-refractivity contribution in [3.8, 4) is 5.75 Å². The molecule has 0 fully saturated rings. The van der Waals surface area contributed by atoms with Gasteiger partial charge in [0.05, 0.1) is 11.1 Å². The highest BCUT2D eigenvalue weighted by molar-refractivity contribution is 6.32. The molecule has 0 aliphatic heterocycles. The van der Waals surface area contributed by atoms with Gasteiger partial charge in [-0.05, 0) is 43.2 Å². The molecule has 0 aromatic heterocycles. The predicted octanol–water partition coefficient (Wildman–Crippen LogP) is 4.63. The van der Waals surface area contributed by atoms with E-state index in [-0.39, 0.29) is 6.10 Å². The third-order valence-electron chi connectivity index (χ3n) is 3.20. The van der Waals surface area contributed by atoms with Crippen molar-refractivity contribution in [2.45, 2.75) is 32.9 Å². The lowest BCUT2D eigenvalue weighted by Crippen LogP contribution is -2.20. The molecule has 0 saturated heterocycles. The Morgan fingerprint density at radius 1 is 1.14 bits per heavy atom. The number of rotatable bonds is 7. The Bertz CT molecular complexity index is 560. The van der Waals surface area contributed by atoms with Gasteiger partial charge in [0.1, 0.15) is 5.75 Å². The van der Waals surface area contributed by atoms with E-state index in [1.807, 2.05) is 55.5 Å². The largest absolute Gasteiger partial charge is 0.489 e. The SMILES string of the molecule is CCC(C)Oc1ccc(CNNc2ccccc2)cc1Cl. The maximum absolute atomic E-state index is 6.25. The summed E-state index contributed by atoms with van der Waals surface area (Å²) in [6.07, 6.45) is 1.13. The van der Waals surface area contributed by atoms with Crippen LogP contribution in [0, 0.1) is 0 Å². The van der Waals surface area contributed by atoms with Gasteiger partial charge in [-0.2, -0.15) is 0 Å². The molecule has 1 atom stereocenters. The van der Waals surface area contributed by atoms with Crippen LogP contribution in [0.5, 0.6) is 5.75 Å². The van der Waals surface area contributed by atoms with Gasteiger partial charge in [0.2, 0.25) is 0 Å². The zero-order chi connectivity index (χ0) is 15.1. The van der Waals surface area contributed by atoms with Crippen molar-refractivity contribution in [3.63, 3.8) is 0 Å². The number of benzene rings is 2. The number of nitrogens with one attached hydrogen (secondary N) is 2. The molecule has 0 saturated carbocycles. The molecule has 2 aromatic rings. The van der Waals surface area contributed by atoms with Gasteiger partial charge >= 0.3 is 0 Å². The third kappa shape index (κ3) is 4.96. The Morgan fingerprint density at radius 3 is 2.57 bits per heavy atom. The van der Waals surface area contributed by atoms with E-state index in [4.69, 9.17) is 16.3 Å². The van der Waals surface area contributed by atoms with Crippen molar-refractivity contribution in [1.82, 2.24) is 5.43 Å². The normalized spacial score (nSPS) is 12.0. The van der Waals surface area contributed by atoms with E-state index in [0.29, 0.717) is 11.6 Å². The van der Waals surface area contributed by atoms with Crippen LogP contribution in [0.4, 0.5) is 5.69 Å². The molecular formula is C17H21ClN2O. The minimum Gasteiger partial charge on any atom is -0.489 e. The summed E-state index contributed by atoms with van der Waals surface area (Å²) >= 11 is 6.25. The predicted molar refractivity (Wildman–Crippen MR) is 88.7 cm³/mol. The fraction of sp³-hybridized carbons (Fsp3) is 0.294. The lowest BCUT2D eigenvalue weighted by Gasteiger charge is -2.15. The van der Waals surface area contributed by atoms with E-state index < -0.39 is 0 Å². The molecule has 4 heteroatoms. The highest BCUT2D eigenvalue weighted by Gasteiger charge is 2.06. The van der Waals surface area contributed by atoms with Gasteiger partial charge in [-0.25, -0.2) is 5.43 Å². The van der Waals surface area contributed by atoms with Gasteiger partial charge in [0.15, 0.2) is 0 Å². The van der Waals surface area contributed by atoms with E-state index in [2.05, 4.69) is 17.8 Å². The number of halogens is 1. The Labute approximate surface area is 131 Å². The van der Waals surface area contributed by atoms with Crippen LogP contribution >= 0.6 is 11.6 Å². The third-order valence-corrected chi connectivity index (χ3v) is 3.49. The van der Waals surface area contributed by atoms with Gasteiger partial charge in [-0.15, -0.1) is 0 Å². The van der Waals surface area contributed by atoms with Crippen molar-refractivity contribution >= 4 is 17.3 Å². The average molecular weight is 305 g/mol. The lowest BCUT2D eigenvalue weighted by atomic mass is 10.2. The van der Waals surface area contributed by atoms with Crippen LogP contribution in [0.2, 0.25) is 5.02 Å². The van der Waals surface area contributed by atoms with Crippen molar-refractivity contribution in [2.75, 3.05) is 5.43 Å². The van der Waals surface area contributed by atoms with Crippen molar-refractivity contribution in [3.05, 3.63) is 59.1 Å². The fourth-order valence-electron chi connectivity index (χ4n) is 1.82. The summed E-state index contributed by atoms with van der Waals surface area (Å²) in [5.74, 6) is 0.741. The summed E-state index contributed by atoms with van der Waals surface area (Å²) in [6, 6.07) is 15.8. The fourth-order valence-corrected chi connectivity index (χ4v) is 2.07. The smallest absolute Gasteiger partial charge is 0.138 e. The molecule has 0 aliphatic rings. The van der Waals surface area contributed by atoms with Crippen LogP contribution < -0.4 is 15.6 Å². The van der Waals surface area contributed by atoms with Gasteiger partial charge < -0.3 is 10.2 Å². The van der Waals surface area contributed by atoms with E-state index in [9.17, 15) is 0 Å². The monoisotopic (exact) mass is 304 g/mol. The summed E-state index contributed by atoms with van der Waals surface area (Å²) in [5, 5.41) is 0.648. The molecule has 21 heavy (non-hydrogen) atoms. The Balaban J connectivity index is 1.88. The molecule has 2 rings (SSSR count). The van der Waals surface area contributed by atoms with Gasteiger partial charge in [-0.3, -0.25) is 0 Å². The van der Waals surface area contributed by atoms with Gasteiger partial charge in [0, 0.05) is 12.2 Å². The van der Waals surface area contributed by atoms with E-state index in [1.165, 1.54) is 0 Å². The van der Waals surface area contributed by atoms with Crippen LogP contribution in [-0.2, 0) is 6.54 Å². The first-order chi connectivity index (χ1) is 10.2. The first kappa shape index (κ1) is 15.7. The number of hydrogen-bond acceptors (Lipinski definition) is 3. The molecule has 2 aromatic carbocycles. The molecule has 112 valence electrons. The molecule has 0 bridgehead atoms.